The van der Waals surface area contributed by atoms with Gasteiger partial charge in [-0.3, -0.25) is 0 Å². The third-order valence-corrected chi connectivity index (χ3v) is 23.0. The van der Waals surface area contributed by atoms with E-state index in [2.05, 4.69) is 39.3 Å². The predicted octanol–water partition coefficient (Wildman–Crippen LogP) is 4.33. The van der Waals surface area contributed by atoms with E-state index in [1.54, 1.807) is 0 Å². The summed E-state index contributed by atoms with van der Waals surface area (Å²) in [5, 5.41) is 28.2. The Morgan fingerprint density at radius 3 is 1.03 bits per heavy atom. The second kappa shape index (κ2) is 14.4. The van der Waals surface area contributed by atoms with Crippen LogP contribution in [0.4, 0.5) is 0 Å². The third kappa shape index (κ3) is 15.7. The highest BCUT2D eigenvalue weighted by molar-refractivity contribution is 6.90. The van der Waals surface area contributed by atoms with Crippen LogP contribution < -0.4 is 0 Å². The second-order valence-corrected chi connectivity index (χ2v) is 31.9. The Morgan fingerprint density at radius 1 is 0.469 bits per heavy atom. The number of hydrogen-bond acceptors (Lipinski definition) is 7. The van der Waals surface area contributed by atoms with Crippen LogP contribution in [0.3, 0.4) is 0 Å². The van der Waals surface area contributed by atoms with Crippen molar-refractivity contribution >= 4 is 42.1 Å². The Bertz CT molecular complexity index is 458. The Balaban J connectivity index is 6.06. The van der Waals surface area contributed by atoms with Crippen molar-refractivity contribution in [2.75, 3.05) is 19.8 Å². The van der Waals surface area contributed by atoms with Crippen LogP contribution in [0.5, 0.6) is 0 Å². The van der Waals surface area contributed by atoms with Gasteiger partial charge in [0.1, 0.15) is 0 Å². The van der Waals surface area contributed by atoms with Gasteiger partial charge in [-0.2, -0.15) is 0 Å². The van der Waals surface area contributed by atoms with Crippen LogP contribution in [0, 0.1) is 0 Å². The zero-order chi connectivity index (χ0) is 25.1. The summed E-state index contributed by atoms with van der Waals surface area (Å²) in [5.74, 6) is 0. The van der Waals surface area contributed by atoms with E-state index in [9.17, 15) is 20.1 Å². The van der Waals surface area contributed by atoms with E-state index in [4.69, 9.17) is 12.3 Å². The van der Waals surface area contributed by atoms with Crippen molar-refractivity contribution in [2.24, 2.45) is 0 Å². The molecule has 0 atom stereocenters. The molecule has 4 N–H and O–H groups in total. The maximum Gasteiger partial charge on any atom is 0.469 e. The summed E-state index contributed by atoms with van der Waals surface area (Å²) in [6.07, 6.45) is 2.92. The van der Waals surface area contributed by atoms with Crippen LogP contribution in [0.1, 0.15) is 25.7 Å². The molecule has 0 fully saturated rings. The van der Waals surface area contributed by atoms with E-state index >= 15 is 0 Å². The largest absolute Gasteiger partial charge is 0.469 e. The molecule has 7 nitrogen and oxygen atoms in total. The van der Waals surface area contributed by atoms with Crippen molar-refractivity contribution in [1.29, 1.82) is 0 Å². The van der Waals surface area contributed by atoms with Gasteiger partial charge in [0.25, 0.3) is 0 Å². The summed E-state index contributed by atoms with van der Waals surface area (Å²) < 4.78 is 20.9. The van der Waals surface area contributed by atoms with Crippen LogP contribution >= 0.6 is 0 Å². The zero-order valence-corrected chi connectivity index (χ0v) is 27.0. The van der Waals surface area contributed by atoms with Crippen LogP contribution in [0.25, 0.3) is 0 Å². The minimum Gasteiger partial charge on any atom is -0.432 e. The molecule has 0 aliphatic carbocycles. The molecule has 0 heterocycles. The molecule has 0 spiro atoms. The van der Waals surface area contributed by atoms with Gasteiger partial charge in [0.05, 0.1) is 0 Å². The maximum absolute atomic E-state index is 10.4. The molecule has 0 aromatic rings. The minimum absolute atomic E-state index is 0.147. The molecule has 0 bridgehead atoms. The molecule has 0 saturated heterocycles. The van der Waals surface area contributed by atoms with Gasteiger partial charge in [-0.15, -0.1) is 0 Å². The molecule has 194 valence electrons. The lowest BCUT2D eigenvalue weighted by atomic mass is 10.5. The summed E-state index contributed by atoms with van der Waals surface area (Å²) in [5.41, 5.74) is 0. The van der Waals surface area contributed by atoms with E-state index < -0.39 is 42.1 Å². The van der Waals surface area contributed by atoms with Crippen LogP contribution in [-0.2, 0) is 12.3 Å². The number of aliphatic hydroxyl groups excluding tert-OH is 3. The lowest BCUT2D eigenvalue weighted by Crippen LogP contribution is -2.62. The van der Waals surface area contributed by atoms with E-state index in [0.29, 0.717) is 25.3 Å². The Kier molecular flexibility index (Phi) is 14.7. The highest BCUT2D eigenvalue weighted by Gasteiger charge is 2.52. The lowest BCUT2D eigenvalue weighted by molar-refractivity contribution is 0.238. The van der Waals surface area contributed by atoms with E-state index in [1.165, 1.54) is 0 Å². The van der Waals surface area contributed by atoms with Gasteiger partial charge in [0.2, 0.25) is 0 Å². The minimum atomic E-state index is -3.10. The van der Waals surface area contributed by atoms with Gasteiger partial charge in [0, 0.05) is 25.9 Å². The van der Waals surface area contributed by atoms with E-state index in [1.807, 2.05) is 13.1 Å². The van der Waals surface area contributed by atoms with Crippen molar-refractivity contribution in [3.8, 4) is 0 Å². The molecule has 0 aromatic carbocycles. The monoisotopic (exact) mass is 544 g/mol. The summed E-state index contributed by atoms with van der Waals surface area (Å²) in [6.45, 7) is 17.4. The molecular formula is C20H52O7Si5. The Hall–Kier alpha value is 0.804. The summed E-state index contributed by atoms with van der Waals surface area (Å²) in [7, 11) is -11.8. The summed E-state index contributed by atoms with van der Waals surface area (Å²) >= 11 is 0. The highest BCUT2D eigenvalue weighted by Crippen LogP contribution is 2.35. The van der Waals surface area contributed by atoms with Gasteiger partial charge >= 0.3 is 8.80 Å². The Morgan fingerprint density at radius 2 is 0.781 bits per heavy atom. The second-order valence-electron chi connectivity index (χ2n) is 11.4. The quantitative estimate of drug-likeness (QED) is 0.179. The molecule has 12 heteroatoms. The van der Waals surface area contributed by atoms with Crippen LogP contribution in [-0.4, -0.2) is 82.0 Å². The topological polar surface area (TPSA) is 109 Å². The van der Waals surface area contributed by atoms with E-state index in [0.717, 1.165) is 30.6 Å². The first-order valence-electron chi connectivity index (χ1n) is 12.2. The average Bonchev–Trinajstić information content (AvgIpc) is 2.60. The molecule has 0 aliphatic rings. The summed E-state index contributed by atoms with van der Waals surface area (Å²) in [6, 6.07) is 3.96. The van der Waals surface area contributed by atoms with Gasteiger partial charge in [-0.25, -0.2) is 0 Å². The molecular weight excluding hydrogens is 493 g/mol. The van der Waals surface area contributed by atoms with Crippen LogP contribution in [0.2, 0.25) is 82.6 Å². The fourth-order valence-electron chi connectivity index (χ4n) is 3.88. The fourth-order valence-corrected chi connectivity index (χ4v) is 23.1. The van der Waals surface area contributed by atoms with Crippen molar-refractivity contribution in [3.05, 3.63) is 0 Å². The number of rotatable bonds is 19. The predicted molar refractivity (Wildman–Crippen MR) is 145 cm³/mol. The standard InChI is InChI=1S/C20H52O7Si5/c1-28(2,24)16-12-20-32(25-29(3,4)17-9-13-21,26-30(5,6)18-10-14-22)27-31(7,8)19-11-15-23/h21-24H,9-20H2,1-8H3. The van der Waals surface area contributed by atoms with E-state index in [-0.39, 0.29) is 19.8 Å². The first-order valence-corrected chi connectivity index (χ1v) is 26.6. The van der Waals surface area contributed by atoms with Gasteiger partial charge in [0.15, 0.2) is 33.3 Å². The maximum atomic E-state index is 10.4. The van der Waals surface area contributed by atoms with Crippen molar-refractivity contribution in [3.63, 3.8) is 0 Å². The smallest absolute Gasteiger partial charge is 0.432 e. The highest BCUT2D eigenvalue weighted by atomic mass is 28.5. The molecule has 32 heavy (non-hydrogen) atoms. The van der Waals surface area contributed by atoms with Gasteiger partial charge in [-0.05, 0) is 102 Å². The molecule has 0 aliphatic heterocycles. The number of hydrogen-bond donors (Lipinski definition) is 4. The third-order valence-electron chi connectivity index (χ3n) is 5.38. The fraction of sp³-hybridized carbons (Fsp3) is 1.00. The molecule has 0 radical (unpaired) electrons. The first kappa shape index (κ1) is 32.8. The van der Waals surface area contributed by atoms with Crippen molar-refractivity contribution < 1.29 is 32.5 Å². The van der Waals surface area contributed by atoms with Crippen molar-refractivity contribution in [2.45, 2.75) is 108 Å². The molecule has 0 unspecified atom stereocenters. The molecule has 0 saturated carbocycles. The molecule has 0 aromatic heterocycles. The van der Waals surface area contributed by atoms with Crippen molar-refractivity contribution in [1.82, 2.24) is 0 Å². The number of aliphatic hydroxyl groups is 3. The zero-order valence-electron chi connectivity index (χ0n) is 22.0. The van der Waals surface area contributed by atoms with Gasteiger partial charge < -0.3 is 32.5 Å². The summed E-state index contributed by atoms with van der Waals surface area (Å²) in [4.78, 5) is 10.4. The van der Waals surface area contributed by atoms with Crippen LogP contribution in [0.15, 0.2) is 0 Å². The van der Waals surface area contributed by atoms with Gasteiger partial charge in [-0.1, -0.05) is 0 Å². The molecule has 0 amide bonds. The first-order chi connectivity index (χ1) is 14.5. The Labute approximate surface area is 202 Å². The SMILES string of the molecule is C[Si](C)(O)CCC[Si](O[Si](C)(C)CCCO)(O[Si](C)(C)CCCO)O[Si](C)(C)CCCO. The normalized spacial score (nSPS) is 14.2. The average molecular weight is 545 g/mol. The molecule has 0 rings (SSSR count). The lowest BCUT2D eigenvalue weighted by Gasteiger charge is -2.45.